The number of carboxylic acids is 3. The van der Waals surface area contributed by atoms with E-state index in [0.717, 1.165) is 56.7 Å². The molecule has 0 spiro atoms. The number of methoxy groups -OCH3 is 6. The lowest BCUT2D eigenvalue weighted by Gasteiger charge is -2.11. The van der Waals surface area contributed by atoms with Gasteiger partial charge in [-0.2, -0.15) is 26.3 Å². The van der Waals surface area contributed by atoms with Crippen molar-refractivity contribution in [3.05, 3.63) is 243 Å². The molecule has 35 nitrogen and oxygen atoms in total. The van der Waals surface area contributed by atoms with E-state index in [-0.39, 0.29) is 137 Å². The third-order valence-electron chi connectivity index (χ3n) is 16.6. The van der Waals surface area contributed by atoms with Crippen molar-refractivity contribution in [2.75, 3.05) is 77.1 Å². The minimum Gasteiger partial charge on any atom is -0.491 e. The smallest absolute Gasteiger partial charge is 0.491 e. The number of benzene rings is 6. The van der Waals surface area contributed by atoms with Crippen LogP contribution < -0.4 is 53.3 Å². The number of rotatable bonds is 18. The van der Waals surface area contributed by atoms with Gasteiger partial charge >= 0.3 is 54.5 Å². The summed E-state index contributed by atoms with van der Waals surface area (Å²) in [5.74, 6) is -9.28. The predicted molar refractivity (Wildman–Crippen MR) is 454 cm³/mol. The molecule has 0 saturated heterocycles. The van der Waals surface area contributed by atoms with E-state index in [1.165, 1.54) is 64.8 Å². The number of nitrogens with zero attached hydrogens (tertiary/aromatic N) is 11. The molecule has 12 rings (SSSR count). The van der Waals surface area contributed by atoms with Gasteiger partial charge in [0.15, 0.2) is 98.0 Å². The summed E-state index contributed by atoms with van der Waals surface area (Å²) in [4.78, 5) is 117. The number of esters is 3. The van der Waals surface area contributed by atoms with Gasteiger partial charge in [-0.1, -0.05) is 53.9 Å². The van der Waals surface area contributed by atoms with Crippen molar-refractivity contribution in [2.24, 2.45) is 0 Å². The molecule has 0 saturated carbocycles. The molecule has 0 atom stereocenters. The van der Waals surface area contributed by atoms with Crippen LogP contribution in [0.15, 0.2) is 140 Å². The van der Waals surface area contributed by atoms with Crippen molar-refractivity contribution in [1.29, 1.82) is 0 Å². The number of carbonyl (C=O) groups excluding carboxylic acids is 3. The van der Waals surface area contributed by atoms with Crippen molar-refractivity contribution in [2.45, 2.75) is 18.7 Å². The number of terminal acetylenes is 1. The molecule has 0 aliphatic carbocycles. The average Bonchev–Trinajstić information content (AvgIpc) is 0.790. The number of carbonyl (C=O) groups is 6. The van der Waals surface area contributed by atoms with E-state index < -0.39 is 122 Å². The summed E-state index contributed by atoms with van der Waals surface area (Å²) in [7, 11) is 7.40. The third-order valence-corrected chi connectivity index (χ3v) is 18.3. The van der Waals surface area contributed by atoms with Crippen LogP contribution in [0.2, 0.25) is 10.0 Å². The SMILES string of the molecule is C#Cc1ccc(-c2nc(N)c(OC)c(C(=O)O)n2)cc1.C=Cc1c(N)nc(-c2ccc(C(F)(F)F)c(F)c2)nc1C(=O)O.COC(=O)c1nc(-c2ccc(C(F)(F)F)c(F)c2)cc(N)c1Cl.COC(=O)c1nc(-c2ccc(I)c(F)c2)nc(N)c1OC.COC(=O)c1nc(-c2ccc(OC(F)(F)F)cc2)nc(N)c1OC.Nc1c(F)c(-c2ccc([N+](=O)[O-])cc2)nc(C(=O)O)c1Cl. The second kappa shape index (κ2) is 44.0. The van der Waals surface area contributed by atoms with Crippen LogP contribution in [0.5, 0.6) is 23.0 Å². The summed E-state index contributed by atoms with van der Waals surface area (Å²) >= 11 is 13.3. The van der Waals surface area contributed by atoms with Gasteiger partial charge in [0.25, 0.3) is 5.69 Å². The molecule has 6 aromatic carbocycles. The number of hydrogen-bond acceptors (Lipinski definition) is 31. The molecule has 0 aliphatic heterocycles. The minimum absolute atomic E-state index is 0.00372. The predicted octanol–water partition coefficient (Wildman–Crippen LogP) is 16.0. The zero-order valence-electron chi connectivity index (χ0n) is 67.5. The summed E-state index contributed by atoms with van der Waals surface area (Å²) < 4.78 is 199. The molecule has 6 heterocycles. The normalized spacial score (nSPS) is 10.7. The summed E-state index contributed by atoms with van der Waals surface area (Å²) in [6.07, 6.45) is -8.05. The number of nitrogen functional groups attached to an aromatic ring is 6. The molecule has 0 radical (unpaired) electrons. The van der Waals surface area contributed by atoms with Gasteiger partial charge in [-0.25, -0.2) is 96.2 Å². The molecule has 0 amide bonds. The van der Waals surface area contributed by atoms with Gasteiger partial charge < -0.3 is 82.9 Å². The number of hydrogen-bond donors (Lipinski definition) is 9. The lowest BCUT2D eigenvalue weighted by atomic mass is 10.1. The molecule has 6 aromatic heterocycles. The van der Waals surface area contributed by atoms with Crippen molar-refractivity contribution < 1.29 is 139 Å². The van der Waals surface area contributed by atoms with Crippen LogP contribution in [0.4, 0.5) is 97.4 Å². The van der Waals surface area contributed by atoms with Crippen LogP contribution in [0.1, 0.15) is 85.2 Å². The van der Waals surface area contributed by atoms with Crippen molar-refractivity contribution >= 4 is 128 Å². The first kappa shape index (κ1) is 103. The van der Waals surface area contributed by atoms with Crippen LogP contribution in [0.3, 0.4) is 0 Å². The number of nitrogens with two attached hydrogens (primary N) is 6. The maximum Gasteiger partial charge on any atom is 0.573 e. The number of anilines is 6. The summed E-state index contributed by atoms with van der Waals surface area (Å²) in [5, 5.41) is 37.1. The van der Waals surface area contributed by atoms with Gasteiger partial charge in [0.05, 0.1) is 85.8 Å². The largest absolute Gasteiger partial charge is 0.573 e. The maximum absolute atomic E-state index is 14.1. The molecule has 51 heteroatoms. The number of non-ortho nitro benzene ring substituents is 1. The Morgan fingerprint density at radius 1 is 0.470 bits per heavy atom. The first-order valence-electron chi connectivity index (χ1n) is 35.3. The van der Waals surface area contributed by atoms with E-state index in [4.69, 9.17) is 93.6 Å². The molecule has 132 heavy (non-hydrogen) atoms. The fourth-order valence-corrected chi connectivity index (χ4v) is 11.2. The Hall–Kier alpha value is -16.1. The fourth-order valence-electron chi connectivity index (χ4n) is 10.5. The molecule has 12 aromatic rings. The van der Waals surface area contributed by atoms with Crippen molar-refractivity contribution in [3.8, 4) is 103 Å². The van der Waals surface area contributed by atoms with Gasteiger partial charge in [-0.05, 0) is 132 Å². The van der Waals surface area contributed by atoms with Crippen LogP contribution >= 0.6 is 45.8 Å². The number of nitro benzene ring substituents is 1. The number of aromatic carboxylic acids is 3. The van der Waals surface area contributed by atoms with Gasteiger partial charge in [-0.15, -0.1) is 19.6 Å². The van der Waals surface area contributed by atoms with E-state index in [0.29, 0.717) is 50.1 Å². The van der Waals surface area contributed by atoms with Gasteiger partial charge in [0.1, 0.15) is 34.7 Å². The standard InChI is InChI=1S/C14H9ClF4N2O2.C14H9F4N3O2.C14H12F3N3O4.C14H11N3O3.C13H11FIN3O3.C12H7ClFN3O4/c1-23-13(22)12-11(15)9(20)5-10(21-12)6-2-3-7(8(16)4-6)14(17,18)19;1-2-7-10(13(22)23)20-12(21-11(7)19)6-3-4-8(9(15)5-6)14(16,17)18;1-22-10-9(13(21)23-2)19-12(20-11(10)18)7-3-5-8(6-4-7)24-14(15,16)17;1-3-8-4-6-9(7-5-8)13-16-10(14(18)19)11(20-2)12(15)17-13;1-20-10-9(13(19)21-2)17-12(18-11(10)16)6-3-4-8(15)7(14)5-6;13-7-9(15)8(14)10(16-11(7)12(18)19)5-1-3-6(4-2-5)17(20)21/h2-5H,1H3,(H2,20,21);2-5H,1H2,(H,22,23)(H2,19,20,21);3-6H,1-2H3,(H2,18,19,20);1,4-7H,2H3,(H,18,19)(H2,15,16,17);3-5H,1-2H3,(H2,16,17,18);1-4H,(H2,15,16)(H,18,19). The highest BCUT2D eigenvalue weighted by molar-refractivity contribution is 14.1. The number of ether oxygens (including phenoxy) is 7. The van der Waals surface area contributed by atoms with Crippen molar-refractivity contribution in [3.63, 3.8) is 0 Å². The molecule has 0 fully saturated rings. The molecule has 15 N–H and O–H groups in total. The van der Waals surface area contributed by atoms with E-state index in [1.54, 1.807) is 36.4 Å². The van der Waals surface area contributed by atoms with E-state index in [9.17, 15) is 96.0 Å². The maximum atomic E-state index is 14.1. The second-order valence-corrected chi connectivity index (χ2v) is 26.9. The van der Waals surface area contributed by atoms with Gasteiger partial charge in [0.2, 0.25) is 0 Å². The lowest BCUT2D eigenvalue weighted by molar-refractivity contribution is -0.384. The monoisotopic (exact) mass is 2000 g/mol. The number of pyridine rings is 2. The molecule has 0 bridgehead atoms. The van der Waals surface area contributed by atoms with Gasteiger partial charge in [0, 0.05) is 60.2 Å². The van der Waals surface area contributed by atoms with Crippen LogP contribution in [0.25, 0.3) is 74.1 Å². The number of carboxylic acid groups (broad SMARTS) is 3. The molecule has 0 aliphatic rings. The number of nitro groups is 1. The Bertz CT molecular complexity index is 6490. The fraction of sp³-hybridized carbons (Fsp3) is 0.111. The minimum atomic E-state index is -4.85. The molecular weight excluding hydrogens is 1940 g/mol. The van der Waals surface area contributed by atoms with Crippen molar-refractivity contribution in [1.82, 2.24) is 49.8 Å². The van der Waals surface area contributed by atoms with E-state index in [2.05, 4.69) is 81.3 Å². The van der Waals surface area contributed by atoms with E-state index >= 15 is 0 Å². The highest BCUT2D eigenvalue weighted by atomic mass is 127. The summed E-state index contributed by atoms with van der Waals surface area (Å²) in [5.41, 5.74) is 29.8. The Morgan fingerprint density at radius 2 is 0.848 bits per heavy atom. The first-order valence-corrected chi connectivity index (χ1v) is 37.1. The summed E-state index contributed by atoms with van der Waals surface area (Å²) in [6.45, 7) is 3.38. The Kier molecular flexibility index (Phi) is 34.3. The Morgan fingerprint density at radius 3 is 1.25 bits per heavy atom. The van der Waals surface area contributed by atoms with Crippen LogP contribution in [0, 0.1) is 49.3 Å². The highest BCUT2D eigenvalue weighted by Gasteiger charge is 2.37. The molecule has 0 unspecified atom stereocenters. The zero-order valence-corrected chi connectivity index (χ0v) is 71.1. The molecular formula is C81H59Cl2F13IN17O18. The number of halogens is 16. The Balaban J connectivity index is 0.000000217. The number of aromatic nitrogens is 10. The van der Waals surface area contributed by atoms with E-state index in [1.807, 2.05) is 22.6 Å². The van der Waals surface area contributed by atoms with Crippen LogP contribution in [-0.2, 0) is 26.6 Å². The first-order chi connectivity index (χ1) is 61.9. The third kappa shape index (κ3) is 25.6. The highest BCUT2D eigenvalue weighted by Crippen LogP contribution is 2.40. The lowest BCUT2D eigenvalue weighted by Crippen LogP contribution is -2.17. The van der Waals surface area contributed by atoms with Gasteiger partial charge in [-0.3, -0.25) is 10.1 Å². The Labute approximate surface area is 755 Å². The topological polar surface area (TPSA) is 556 Å². The van der Waals surface area contributed by atoms with Crippen LogP contribution in [-0.4, -0.2) is 155 Å². The second-order valence-electron chi connectivity index (χ2n) is 25.0. The number of alkyl halides is 9. The molecule has 688 valence electrons. The average molecular weight is 2000 g/mol. The quantitative estimate of drug-likeness (QED) is 0.00732. The summed E-state index contributed by atoms with van der Waals surface area (Å²) in [6, 6.07) is 26.3. The zero-order chi connectivity index (χ0) is 98.6.